The highest BCUT2D eigenvalue weighted by Gasteiger charge is 2.39. The summed E-state index contributed by atoms with van der Waals surface area (Å²) in [5.74, 6) is 0. The number of rotatable bonds is 3. The molecule has 23 heavy (non-hydrogen) atoms. The molecule has 1 aromatic carbocycles. The van der Waals surface area contributed by atoms with E-state index in [9.17, 15) is 18.0 Å². The van der Waals surface area contributed by atoms with Crippen molar-refractivity contribution in [1.29, 1.82) is 0 Å². The van der Waals surface area contributed by atoms with Crippen molar-refractivity contribution in [1.82, 2.24) is 14.5 Å². The van der Waals surface area contributed by atoms with Crippen molar-refractivity contribution in [2.24, 2.45) is 0 Å². The fourth-order valence-electron chi connectivity index (χ4n) is 3.14. The number of likely N-dealkylation sites (tertiary alicyclic amines) is 1. The molecule has 0 amide bonds. The molecule has 0 bridgehead atoms. The number of piperidine rings is 1. The molecular weight excluding hydrogens is 311 g/mol. The minimum atomic E-state index is -4.59. The molecule has 1 saturated heterocycles. The molecule has 0 radical (unpaired) electrons. The Kier molecular flexibility index (Phi) is 4.20. The lowest BCUT2D eigenvalue weighted by molar-refractivity contribution is -0.208. The van der Waals surface area contributed by atoms with Crippen LogP contribution in [0.25, 0.3) is 11.0 Å². The monoisotopic (exact) mass is 329 g/mol. The van der Waals surface area contributed by atoms with Gasteiger partial charge < -0.3 is 15.0 Å². The molecule has 126 valence electrons. The van der Waals surface area contributed by atoms with Gasteiger partial charge in [0, 0.05) is 25.7 Å². The Bertz CT molecular complexity index is 729. The number of benzene rings is 1. The van der Waals surface area contributed by atoms with Gasteiger partial charge in [-0.1, -0.05) is 12.1 Å². The lowest BCUT2D eigenvalue weighted by Gasteiger charge is -2.33. The predicted octanol–water partition coefficient (Wildman–Crippen LogP) is 1.89. The van der Waals surface area contributed by atoms with E-state index >= 15 is 0 Å². The minimum absolute atomic E-state index is 0.0436. The van der Waals surface area contributed by atoms with Crippen LogP contribution in [0.5, 0.6) is 0 Å². The van der Waals surface area contributed by atoms with E-state index in [-0.39, 0.29) is 11.7 Å². The summed E-state index contributed by atoms with van der Waals surface area (Å²) in [5, 5.41) is 9.15. The predicted molar refractivity (Wildman–Crippen MR) is 79.3 cm³/mol. The number of aliphatic hydroxyl groups excluding tert-OH is 1. The van der Waals surface area contributed by atoms with E-state index in [0.717, 1.165) is 11.0 Å². The van der Waals surface area contributed by atoms with Gasteiger partial charge in [-0.3, -0.25) is 4.57 Å². The Labute approximate surface area is 130 Å². The normalized spacial score (nSPS) is 19.3. The first kappa shape index (κ1) is 16.1. The first-order chi connectivity index (χ1) is 10.9. The molecule has 0 aliphatic carbocycles. The van der Waals surface area contributed by atoms with Crippen LogP contribution in [0, 0.1) is 0 Å². The van der Waals surface area contributed by atoms with Gasteiger partial charge in [0.05, 0.1) is 11.0 Å². The second kappa shape index (κ2) is 6.01. The van der Waals surface area contributed by atoms with Crippen LogP contribution in [0.1, 0.15) is 18.9 Å². The average Bonchev–Trinajstić information content (AvgIpc) is 2.83. The number of β-amino-alcohol motifs (C(OH)–C–C–N with tert-alkyl or cyclic N) is 1. The second-order valence-corrected chi connectivity index (χ2v) is 5.91. The van der Waals surface area contributed by atoms with Gasteiger partial charge in [-0.15, -0.1) is 0 Å². The molecule has 1 fully saturated rings. The molecule has 2 heterocycles. The summed E-state index contributed by atoms with van der Waals surface area (Å²) in [6.07, 6.45) is -5.77. The summed E-state index contributed by atoms with van der Waals surface area (Å²) >= 11 is 0. The molecule has 2 aromatic rings. The molecule has 8 heteroatoms. The van der Waals surface area contributed by atoms with Crippen molar-refractivity contribution in [3.8, 4) is 0 Å². The van der Waals surface area contributed by atoms with Crippen molar-refractivity contribution in [3.63, 3.8) is 0 Å². The number of aromatic nitrogens is 2. The van der Waals surface area contributed by atoms with E-state index in [0.29, 0.717) is 25.9 Å². The Hall–Kier alpha value is -1.80. The summed E-state index contributed by atoms with van der Waals surface area (Å²) < 4.78 is 38.9. The third-order valence-electron chi connectivity index (χ3n) is 4.36. The van der Waals surface area contributed by atoms with Crippen molar-refractivity contribution in [2.75, 3.05) is 19.6 Å². The molecule has 1 aliphatic rings. The maximum atomic E-state index is 12.4. The summed E-state index contributed by atoms with van der Waals surface area (Å²) in [5.41, 5.74) is 1.37. The van der Waals surface area contributed by atoms with Crippen LogP contribution >= 0.6 is 0 Å². The lowest BCUT2D eigenvalue weighted by Crippen LogP contribution is -2.45. The third kappa shape index (κ3) is 3.28. The van der Waals surface area contributed by atoms with Gasteiger partial charge >= 0.3 is 11.9 Å². The van der Waals surface area contributed by atoms with Crippen LogP contribution in [0.2, 0.25) is 0 Å². The number of para-hydroxylation sites is 2. The van der Waals surface area contributed by atoms with E-state index in [1.54, 1.807) is 9.47 Å². The van der Waals surface area contributed by atoms with Crippen molar-refractivity contribution < 1.29 is 18.3 Å². The first-order valence-corrected chi connectivity index (χ1v) is 7.52. The summed E-state index contributed by atoms with van der Waals surface area (Å²) in [6.45, 7) is 0.423. The zero-order valence-corrected chi connectivity index (χ0v) is 12.4. The number of imidazole rings is 1. The molecule has 0 saturated carbocycles. The SMILES string of the molecule is O=c1[nH]c2ccccc2n1C1CCN(CC(O)C(F)(F)F)CC1. The number of aromatic amines is 1. The molecule has 0 spiro atoms. The van der Waals surface area contributed by atoms with E-state index in [1.165, 1.54) is 0 Å². The maximum absolute atomic E-state index is 12.4. The number of nitrogens with zero attached hydrogens (tertiary/aromatic N) is 2. The highest BCUT2D eigenvalue weighted by molar-refractivity contribution is 5.75. The molecule has 2 N–H and O–H groups in total. The topological polar surface area (TPSA) is 61.3 Å². The molecule has 1 unspecified atom stereocenters. The third-order valence-corrected chi connectivity index (χ3v) is 4.36. The Morgan fingerprint density at radius 2 is 1.91 bits per heavy atom. The number of nitrogens with one attached hydrogen (secondary N) is 1. The molecule has 1 aliphatic heterocycles. The van der Waals surface area contributed by atoms with Crippen molar-refractivity contribution in [2.45, 2.75) is 31.2 Å². The van der Waals surface area contributed by atoms with Crippen molar-refractivity contribution >= 4 is 11.0 Å². The maximum Gasteiger partial charge on any atom is 0.415 e. The Morgan fingerprint density at radius 3 is 2.57 bits per heavy atom. The quantitative estimate of drug-likeness (QED) is 0.904. The standard InChI is InChI=1S/C15H18F3N3O2/c16-15(17,18)13(22)9-20-7-5-10(6-8-20)21-12-4-2-1-3-11(12)19-14(21)23/h1-4,10,13,22H,5-9H2,(H,19,23). The zero-order valence-electron chi connectivity index (χ0n) is 12.4. The van der Waals surface area contributed by atoms with Crippen LogP contribution in [0.3, 0.4) is 0 Å². The number of halogens is 3. The van der Waals surface area contributed by atoms with Gasteiger partial charge in [0.2, 0.25) is 0 Å². The number of fused-ring (bicyclic) bond motifs is 1. The summed E-state index contributed by atoms with van der Waals surface area (Å²) in [6, 6.07) is 7.32. The van der Waals surface area contributed by atoms with Crippen LogP contribution < -0.4 is 5.69 Å². The smallest absolute Gasteiger partial charge is 0.382 e. The minimum Gasteiger partial charge on any atom is -0.382 e. The van der Waals surface area contributed by atoms with Crippen LogP contribution in [0.4, 0.5) is 13.2 Å². The van der Waals surface area contributed by atoms with Crippen LogP contribution in [-0.2, 0) is 0 Å². The van der Waals surface area contributed by atoms with Gasteiger partial charge in [0.15, 0.2) is 6.10 Å². The van der Waals surface area contributed by atoms with Gasteiger partial charge in [-0.25, -0.2) is 4.79 Å². The number of alkyl halides is 3. The summed E-state index contributed by atoms with van der Waals surface area (Å²) in [4.78, 5) is 16.5. The van der Waals surface area contributed by atoms with E-state index in [1.807, 2.05) is 24.3 Å². The molecule has 3 rings (SSSR count). The van der Waals surface area contributed by atoms with Gasteiger partial charge in [-0.05, 0) is 25.0 Å². The first-order valence-electron chi connectivity index (χ1n) is 7.52. The fraction of sp³-hybridized carbons (Fsp3) is 0.533. The van der Waals surface area contributed by atoms with E-state index < -0.39 is 18.8 Å². The molecule has 1 aromatic heterocycles. The van der Waals surface area contributed by atoms with E-state index in [4.69, 9.17) is 5.11 Å². The Morgan fingerprint density at radius 1 is 1.26 bits per heavy atom. The molecule has 5 nitrogen and oxygen atoms in total. The Balaban J connectivity index is 1.69. The molecular formula is C15H18F3N3O2. The zero-order chi connectivity index (χ0) is 16.6. The van der Waals surface area contributed by atoms with Crippen molar-refractivity contribution in [3.05, 3.63) is 34.7 Å². The van der Waals surface area contributed by atoms with Crippen LogP contribution in [0.15, 0.2) is 29.1 Å². The van der Waals surface area contributed by atoms with Crippen LogP contribution in [-0.4, -0.2) is 51.5 Å². The van der Waals surface area contributed by atoms with E-state index in [2.05, 4.69) is 4.98 Å². The average molecular weight is 329 g/mol. The summed E-state index contributed by atoms with van der Waals surface area (Å²) in [7, 11) is 0. The van der Waals surface area contributed by atoms with Gasteiger partial charge in [0.1, 0.15) is 0 Å². The largest absolute Gasteiger partial charge is 0.415 e. The number of aliphatic hydroxyl groups is 1. The highest BCUT2D eigenvalue weighted by Crippen LogP contribution is 2.26. The number of hydrogen-bond acceptors (Lipinski definition) is 3. The number of H-pyrrole nitrogens is 1. The highest BCUT2D eigenvalue weighted by atomic mass is 19.4. The lowest BCUT2D eigenvalue weighted by atomic mass is 10.0. The van der Waals surface area contributed by atoms with Gasteiger partial charge in [-0.2, -0.15) is 13.2 Å². The van der Waals surface area contributed by atoms with Gasteiger partial charge in [0.25, 0.3) is 0 Å². The molecule has 1 atom stereocenters. The second-order valence-electron chi connectivity index (χ2n) is 5.91. The number of hydrogen-bond donors (Lipinski definition) is 2. The fourth-order valence-corrected chi connectivity index (χ4v) is 3.14.